The van der Waals surface area contributed by atoms with Crippen molar-refractivity contribution in [2.45, 2.75) is 70.3 Å². The zero-order valence-corrected chi connectivity index (χ0v) is 15.8. The molecule has 5 nitrogen and oxygen atoms in total. The molecule has 0 saturated heterocycles. The minimum atomic E-state index is -0.963. The van der Waals surface area contributed by atoms with Crippen LogP contribution in [0.4, 0.5) is 0 Å². The number of hydrogen-bond donors (Lipinski definition) is 2. The molecule has 0 aliphatic heterocycles. The number of phenols is 1. The number of aromatic hydroxyl groups is 1. The fourth-order valence-corrected chi connectivity index (χ4v) is 6.14. The van der Waals surface area contributed by atoms with Crippen LogP contribution >= 0.6 is 0 Å². The van der Waals surface area contributed by atoms with Gasteiger partial charge >= 0.3 is 11.9 Å². The average Bonchev–Trinajstić information content (AvgIpc) is 2.96. The Morgan fingerprint density at radius 3 is 2.78 bits per heavy atom. The Morgan fingerprint density at radius 1 is 1.19 bits per heavy atom. The summed E-state index contributed by atoms with van der Waals surface area (Å²) in [5.41, 5.74) is 2.68. The minimum Gasteiger partial charge on any atom is -0.508 e. The van der Waals surface area contributed by atoms with Crippen molar-refractivity contribution < 1.29 is 24.5 Å². The van der Waals surface area contributed by atoms with Crippen LogP contribution < -0.4 is 0 Å². The van der Waals surface area contributed by atoms with Crippen LogP contribution in [-0.4, -0.2) is 28.3 Å². The highest BCUT2D eigenvalue weighted by atomic mass is 16.5. The maximum absolute atomic E-state index is 12.1. The summed E-state index contributed by atoms with van der Waals surface area (Å²) in [6.07, 6.45) is 5.88. The third-order valence-electron chi connectivity index (χ3n) is 7.44. The van der Waals surface area contributed by atoms with Crippen molar-refractivity contribution in [3.63, 3.8) is 0 Å². The maximum Gasteiger partial charge on any atom is 0.306 e. The Morgan fingerprint density at radius 2 is 2.00 bits per heavy atom. The lowest BCUT2D eigenvalue weighted by Gasteiger charge is -2.50. The summed E-state index contributed by atoms with van der Waals surface area (Å²) in [5.74, 6) is 0.681. The number of carbonyl (C=O) groups is 2. The largest absolute Gasteiger partial charge is 0.508 e. The number of ether oxygens (including phenoxy) is 1. The second-order valence-electron chi connectivity index (χ2n) is 8.79. The molecule has 2 fully saturated rings. The van der Waals surface area contributed by atoms with Gasteiger partial charge in [-0.1, -0.05) is 13.0 Å². The molecule has 0 radical (unpaired) electrons. The monoisotopic (exact) mass is 372 g/mol. The van der Waals surface area contributed by atoms with E-state index in [1.54, 1.807) is 6.07 Å². The minimum absolute atomic E-state index is 0.00548. The lowest BCUT2D eigenvalue weighted by molar-refractivity contribution is -0.159. The third-order valence-corrected chi connectivity index (χ3v) is 7.44. The van der Waals surface area contributed by atoms with E-state index in [0.29, 0.717) is 23.5 Å². The van der Waals surface area contributed by atoms with Gasteiger partial charge in [-0.25, -0.2) is 0 Å². The molecule has 0 bridgehead atoms. The molecular weight excluding hydrogens is 344 g/mol. The Balaban J connectivity index is 1.49. The maximum atomic E-state index is 12.1. The van der Waals surface area contributed by atoms with E-state index in [9.17, 15) is 14.7 Å². The molecule has 0 aromatic heterocycles. The zero-order chi connectivity index (χ0) is 19.2. The number of aryl methyl sites for hydroxylation is 1. The van der Waals surface area contributed by atoms with Crippen LogP contribution in [0.15, 0.2) is 18.2 Å². The molecule has 2 N–H and O–H groups in total. The average molecular weight is 372 g/mol. The molecule has 0 amide bonds. The van der Waals surface area contributed by atoms with Gasteiger partial charge in [0.05, 0.1) is 12.8 Å². The summed E-state index contributed by atoms with van der Waals surface area (Å²) < 4.78 is 5.76. The van der Waals surface area contributed by atoms with Crippen LogP contribution in [0.1, 0.15) is 68.9 Å². The van der Waals surface area contributed by atoms with Crippen molar-refractivity contribution in [1.29, 1.82) is 0 Å². The SMILES string of the molecule is C[C@]12CC[C@@H]3c4ccc(O)cc4CC[C@H]3[C@@H]1CC[C@H]2OC(=O)CCC(=O)O. The molecule has 3 aliphatic rings. The van der Waals surface area contributed by atoms with Crippen LogP contribution in [-0.2, 0) is 20.7 Å². The fourth-order valence-electron chi connectivity index (χ4n) is 6.14. The van der Waals surface area contributed by atoms with Gasteiger partial charge in [0.2, 0.25) is 0 Å². The van der Waals surface area contributed by atoms with E-state index in [4.69, 9.17) is 9.84 Å². The van der Waals surface area contributed by atoms with Gasteiger partial charge in [-0.2, -0.15) is 0 Å². The van der Waals surface area contributed by atoms with Crippen molar-refractivity contribution in [3.8, 4) is 5.75 Å². The van der Waals surface area contributed by atoms with Gasteiger partial charge in [0.25, 0.3) is 0 Å². The Labute approximate surface area is 159 Å². The smallest absolute Gasteiger partial charge is 0.306 e. The molecule has 0 heterocycles. The molecular formula is C22H28O5. The molecule has 0 spiro atoms. The van der Waals surface area contributed by atoms with E-state index >= 15 is 0 Å². The van der Waals surface area contributed by atoms with Crippen molar-refractivity contribution in [2.75, 3.05) is 0 Å². The van der Waals surface area contributed by atoms with Crippen molar-refractivity contribution >= 4 is 11.9 Å². The summed E-state index contributed by atoms with van der Waals surface area (Å²) in [5, 5.41) is 18.6. The van der Waals surface area contributed by atoms with Gasteiger partial charge in [-0.05, 0) is 79.5 Å². The van der Waals surface area contributed by atoms with E-state index in [-0.39, 0.29) is 30.3 Å². The van der Waals surface area contributed by atoms with Crippen LogP contribution in [0.25, 0.3) is 0 Å². The highest BCUT2D eigenvalue weighted by Gasteiger charge is 2.56. The molecule has 27 heavy (non-hydrogen) atoms. The highest BCUT2D eigenvalue weighted by molar-refractivity contribution is 5.76. The fraction of sp³-hybridized carbons (Fsp3) is 0.636. The number of carboxylic acid groups (broad SMARTS) is 1. The number of carboxylic acids is 1. The summed E-state index contributed by atoms with van der Waals surface area (Å²) in [6, 6.07) is 5.82. The van der Waals surface area contributed by atoms with Gasteiger partial charge in [0.15, 0.2) is 0 Å². The van der Waals surface area contributed by atoms with E-state index in [2.05, 4.69) is 13.0 Å². The molecule has 4 rings (SSSR count). The molecule has 146 valence electrons. The predicted molar refractivity (Wildman–Crippen MR) is 99.5 cm³/mol. The number of phenolic OH excluding ortho intramolecular Hbond substituents is 1. The van der Waals surface area contributed by atoms with E-state index in [0.717, 1.165) is 38.5 Å². The number of rotatable bonds is 4. The highest BCUT2D eigenvalue weighted by Crippen LogP contribution is 2.61. The van der Waals surface area contributed by atoms with Gasteiger partial charge in [0.1, 0.15) is 11.9 Å². The summed E-state index contributed by atoms with van der Waals surface area (Å²) in [6.45, 7) is 2.27. The van der Waals surface area contributed by atoms with Crippen molar-refractivity contribution in [3.05, 3.63) is 29.3 Å². The Bertz CT molecular complexity index is 757. The topological polar surface area (TPSA) is 83.8 Å². The molecule has 1 aromatic rings. The summed E-state index contributed by atoms with van der Waals surface area (Å²) >= 11 is 0. The second kappa shape index (κ2) is 6.84. The van der Waals surface area contributed by atoms with Crippen LogP contribution in [0, 0.1) is 17.3 Å². The first-order chi connectivity index (χ1) is 12.9. The first kappa shape index (κ1) is 18.3. The van der Waals surface area contributed by atoms with Crippen LogP contribution in [0.5, 0.6) is 5.75 Å². The summed E-state index contributed by atoms with van der Waals surface area (Å²) in [4.78, 5) is 22.8. The Kier molecular flexibility index (Phi) is 4.65. The third kappa shape index (κ3) is 3.21. The molecule has 5 atom stereocenters. The van der Waals surface area contributed by atoms with E-state index in [1.165, 1.54) is 11.1 Å². The molecule has 3 aliphatic carbocycles. The standard InChI is InChI=1S/C22H28O5/c1-22-11-10-16-15-5-3-14(23)12-13(15)2-4-17(16)18(22)6-7-19(22)27-21(26)9-8-20(24)25/h3,5,12,16-19,23H,2,4,6-11H2,1H3,(H,24,25)/t16-,17-,18+,19-,22+/m1/s1. The molecule has 1 aromatic carbocycles. The number of hydrogen-bond acceptors (Lipinski definition) is 4. The summed E-state index contributed by atoms with van der Waals surface area (Å²) in [7, 11) is 0. The lowest BCUT2D eigenvalue weighted by atomic mass is 9.55. The van der Waals surface area contributed by atoms with E-state index in [1.807, 2.05) is 6.07 Å². The van der Waals surface area contributed by atoms with Gasteiger partial charge < -0.3 is 14.9 Å². The number of benzene rings is 1. The van der Waals surface area contributed by atoms with Gasteiger partial charge in [0, 0.05) is 5.41 Å². The second-order valence-corrected chi connectivity index (χ2v) is 8.79. The number of esters is 1. The first-order valence-electron chi connectivity index (χ1n) is 10.1. The van der Waals surface area contributed by atoms with E-state index < -0.39 is 5.97 Å². The van der Waals surface area contributed by atoms with Crippen molar-refractivity contribution in [2.24, 2.45) is 17.3 Å². The zero-order valence-electron chi connectivity index (χ0n) is 15.8. The number of carbonyl (C=O) groups excluding carboxylic acids is 1. The van der Waals surface area contributed by atoms with Crippen LogP contribution in [0.3, 0.4) is 0 Å². The first-order valence-corrected chi connectivity index (χ1v) is 10.1. The number of aliphatic carboxylic acids is 1. The van der Waals surface area contributed by atoms with Crippen molar-refractivity contribution in [1.82, 2.24) is 0 Å². The lowest BCUT2D eigenvalue weighted by Crippen LogP contribution is -2.45. The molecule has 0 unspecified atom stereocenters. The van der Waals surface area contributed by atoms with Gasteiger partial charge in [-0.3, -0.25) is 9.59 Å². The molecule has 5 heteroatoms. The van der Waals surface area contributed by atoms with Crippen LogP contribution in [0.2, 0.25) is 0 Å². The molecule has 2 saturated carbocycles. The van der Waals surface area contributed by atoms with Gasteiger partial charge in [-0.15, -0.1) is 0 Å². The Hall–Kier alpha value is -2.04. The predicted octanol–water partition coefficient (Wildman–Crippen LogP) is 4.02. The normalized spacial score (nSPS) is 34.3. The number of fused-ring (bicyclic) bond motifs is 5. The quantitative estimate of drug-likeness (QED) is 0.780.